The van der Waals surface area contributed by atoms with E-state index in [1.807, 2.05) is 12.1 Å². The number of carbonyl (C=O) groups excluding carboxylic acids is 1. The zero-order chi connectivity index (χ0) is 12.5. The molecule has 0 spiro atoms. The number of amides is 1. The number of hydrogen-bond acceptors (Lipinski definition) is 2. The van der Waals surface area contributed by atoms with Gasteiger partial charge < -0.3 is 9.64 Å². The van der Waals surface area contributed by atoms with Gasteiger partial charge in [0.25, 0.3) is 0 Å². The Bertz CT molecular complexity index is 470. The predicted octanol–water partition coefficient (Wildman–Crippen LogP) is 2.70. The van der Waals surface area contributed by atoms with Crippen LogP contribution < -0.4 is 4.74 Å². The Balaban J connectivity index is 1.99. The van der Waals surface area contributed by atoms with Crippen molar-refractivity contribution in [3.8, 4) is 5.75 Å². The smallest absolute Gasteiger partial charge is 0.223 e. The first kappa shape index (κ1) is 11.6. The number of rotatable bonds is 2. The summed E-state index contributed by atoms with van der Waals surface area (Å²) in [5.74, 6) is 1.29. The molecule has 3 rings (SSSR count). The van der Waals surface area contributed by atoms with Crippen LogP contribution in [0.2, 0.25) is 0 Å². The average Bonchev–Trinajstić information content (AvgIpc) is 2.83. The van der Waals surface area contributed by atoms with Crippen molar-refractivity contribution in [1.82, 2.24) is 4.90 Å². The Morgan fingerprint density at radius 2 is 2.17 bits per heavy atom. The number of fused-ring (bicyclic) bond motifs is 1. The van der Waals surface area contributed by atoms with Crippen molar-refractivity contribution >= 4 is 5.91 Å². The summed E-state index contributed by atoms with van der Waals surface area (Å²) >= 11 is 0. The van der Waals surface area contributed by atoms with Crippen LogP contribution in [-0.2, 0) is 11.2 Å². The van der Waals surface area contributed by atoms with E-state index >= 15 is 0 Å². The van der Waals surface area contributed by atoms with Crippen LogP contribution in [0.4, 0.5) is 0 Å². The Labute approximate surface area is 108 Å². The van der Waals surface area contributed by atoms with Gasteiger partial charge in [0.15, 0.2) is 0 Å². The third-order valence-corrected chi connectivity index (χ3v) is 4.14. The lowest BCUT2D eigenvalue weighted by atomic mass is 9.86. The molecule has 0 saturated carbocycles. The summed E-state index contributed by atoms with van der Waals surface area (Å²) in [6, 6.07) is 6.50. The molecule has 1 aliphatic heterocycles. The van der Waals surface area contributed by atoms with Crippen molar-refractivity contribution in [1.29, 1.82) is 0 Å². The highest BCUT2D eigenvalue weighted by Gasteiger charge is 2.32. The standard InChI is InChI=1S/C15H19NO2/c1-18-14-8-3-5-11-12(14)6-2-7-13(11)16-10-4-9-15(16)17/h3,5,8,13H,2,4,6-7,9-10H2,1H3/t13-/m0/s1. The molecule has 0 aromatic heterocycles. The largest absolute Gasteiger partial charge is 0.496 e. The second kappa shape index (κ2) is 4.63. The van der Waals surface area contributed by atoms with Crippen molar-refractivity contribution < 1.29 is 9.53 Å². The van der Waals surface area contributed by atoms with Crippen LogP contribution in [0.1, 0.15) is 42.9 Å². The molecule has 2 aliphatic rings. The van der Waals surface area contributed by atoms with Crippen LogP contribution in [-0.4, -0.2) is 24.5 Å². The molecule has 0 radical (unpaired) electrons. The Kier molecular flexibility index (Phi) is 2.98. The maximum absolute atomic E-state index is 11.9. The quantitative estimate of drug-likeness (QED) is 0.801. The molecule has 1 aliphatic carbocycles. The summed E-state index contributed by atoms with van der Waals surface area (Å²) < 4.78 is 5.45. The first-order chi connectivity index (χ1) is 8.81. The van der Waals surface area contributed by atoms with E-state index in [9.17, 15) is 4.79 Å². The van der Waals surface area contributed by atoms with Crippen molar-refractivity contribution in [3.63, 3.8) is 0 Å². The van der Waals surface area contributed by atoms with Gasteiger partial charge in [-0.05, 0) is 42.9 Å². The van der Waals surface area contributed by atoms with Crippen molar-refractivity contribution in [3.05, 3.63) is 29.3 Å². The van der Waals surface area contributed by atoms with Gasteiger partial charge in [-0.3, -0.25) is 4.79 Å². The van der Waals surface area contributed by atoms with E-state index < -0.39 is 0 Å². The number of methoxy groups -OCH3 is 1. The molecule has 0 N–H and O–H groups in total. The lowest BCUT2D eigenvalue weighted by Crippen LogP contribution is -2.32. The highest BCUT2D eigenvalue weighted by atomic mass is 16.5. The monoisotopic (exact) mass is 245 g/mol. The van der Waals surface area contributed by atoms with Gasteiger partial charge in [-0.1, -0.05) is 12.1 Å². The minimum absolute atomic E-state index is 0.277. The fourth-order valence-electron chi connectivity index (χ4n) is 3.30. The van der Waals surface area contributed by atoms with Gasteiger partial charge >= 0.3 is 0 Å². The molecule has 3 heteroatoms. The molecular weight excluding hydrogens is 226 g/mol. The van der Waals surface area contributed by atoms with Crippen LogP contribution in [0, 0.1) is 0 Å². The fraction of sp³-hybridized carbons (Fsp3) is 0.533. The second-order valence-corrected chi connectivity index (χ2v) is 5.13. The lowest BCUT2D eigenvalue weighted by Gasteiger charge is -2.33. The van der Waals surface area contributed by atoms with Gasteiger partial charge in [-0.2, -0.15) is 0 Å². The maximum Gasteiger partial charge on any atom is 0.223 e. The highest BCUT2D eigenvalue weighted by Crippen LogP contribution is 2.39. The summed E-state index contributed by atoms with van der Waals surface area (Å²) in [5.41, 5.74) is 2.60. The molecule has 1 amide bonds. The summed E-state index contributed by atoms with van der Waals surface area (Å²) in [6.07, 6.45) is 5.02. The number of carbonyl (C=O) groups is 1. The Hall–Kier alpha value is -1.51. The van der Waals surface area contributed by atoms with E-state index in [1.165, 1.54) is 11.1 Å². The predicted molar refractivity (Wildman–Crippen MR) is 69.6 cm³/mol. The van der Waals surface area contributed by atoms with Crippen LogP contribution in [0.15, 0.2) is 18.2 Å². The first-order valence-corrected chi connectivity index (χ1v) is 6.76. The SMILES string of the molecule is COc1cccc2c1CCC[C@@H]2N1CCCC1=O. The Morgan fingerprint density at radius 3 is 2.89 bits per heavy atom. The maximum atomic E-state index is 11.9. The van der Waals surface area contributed by atoms with E-state index in [4.69, 9.17) is 4.74 Å². The molecule has 3 nitrogen and oxygen atoms in total. The molecule has 96 valence electrons. The van der Waals surface area contributed by atoms with Crippen LogP contribution in [0.5, 0.6) is 5.75 Å². The summed E-state index contributed by atoms with van der Waals surface area (Å²) in [7, 11) is 1.72. The molecule has 1 aromatic carbocycles. The molecule has 1 fully saturated rings. The zero-order valence-corrected chi connectivity index (χ0v) is 10.8. The van der Waals surface area contributed by atoms with E-state index in [-0.39, 0.29) is 6.04 Å². The molecule has 1 saturated heterocycles. The molecular formula is C15H19NO2. The molecule has 1 heterocycles. The van der Waals surface area contributed by atoms with E-state index in [1.54, 1.807) is 7.11 Å². The molecule has 1 aromatic rings. The van der Waals surface area contributed by atoms with Gasteiger partial charge in [0.1, 0.15) is 5.75 Å². The van der Waals surface area contributed by atoms with Gasteiger partial charge in [0.2, 0.25) is 5.91 Å². The summed E-state index contributed by atoms with van der Waals surface area (Å²) in [5, 5.41) is 0. The van der Waals surface area contributed by atoms with Crippen molar-refractivity contribution in [2.45, 2.75) is 38.1 Å². The molecule has 1 atom stereocenters. The average molecular weight is 245 g/mol. The zero-order valence-electron chi connectivity index (χ0n) is 10.8. The van der Waals surface area contributed by atoms with Crippen LogP contribution in [0.3, 0.4) is 0 Å². The van der Waals surface area contributed by atoms with Gasteiger partial charge in [-0.25, -0.2) is 0 Å². The third-order valence-electron chi connectivity index (χ3n) is 4.14. The molecule has 0 bridgehead atoms. The Morgan fingerprint density at radius 1 is 1.28 bits per heavy atom. The second-order valence-electron chi connectivity index (χ2n) is 5.13. The van der Waals surface area contributed by atoms with E-state index in [2.05, 4.69) is 11.0 Å². The number of benzene rings is 1. The van der Waals surface area contributed by atoms with E-state index in [0.29, 0.717) is 5.91 Å². The lowest BCUT2D eigenvalue weighted by molar-refractivity contribution is -0.130. The number of likely N-dealkylation sites (tertiary alicyclic amines) is 1. The van der Waals surface area contributed by atoms with Gasteiger partial charge in [0.05, 0.1) is 13.2 Å². The number of ether oxygens (including phenoxy) is 1. The van der Waals surface area contributed by atoms with Crippen molar-refractivity contribution in [2.75, 3.05) is 13.7 Å². The summed E-state index contributed by atoms with van der Waals surface area (Å²) in [6.45, 7) is 0.917. The fourth-order valence-corrected chi connectivity index (χ4v) is 3.30. The number of nitrogens with zero attached hydrogens (tertiary/aromatic N) is 1. The molecule has 0 unspecified atom stereocenters. The minimum Gasteiger partial charge on any atom is -0.496 e. The first-order valence-electron chi connectivity index (χ1n) is 6.76. The molecule has 18 heavy (non-hydrogen) atoms. The number of hydrogen-bond donors (Lipinski definition) is 0. The topological polar surface area (TPSA) is 29.5 Å². The van der Waals surface area contributed by atoms with Crippen LogP contribution in [0.25, 0.3) is 0 Å². The summed E-state index contributed by atoms with van der Waals surface area (Å²) in [4.78, 5) is 14.0. The van der Waals surface area contributed by atoms with Gasteiger partial charge in [0, 0.05) is 13.0 Å². The van der Waals surface area contributed by atoms with Crippen LogP contribution >= 0.6 is 0 Å². The third kappa shape index (κ3) is 1.78. The van der Waals surface area contributed by atoms with E-state index in [0.717, 1.165) is 44.4 Å². The highest BCUT2D eigenvalue weighted by molar-refractivity contribution is 5.78. The van der Waals surface area contributed by atoms with Gasteiger partial charge in [-0.15, -0.1) is 0 Å². The van der Waals surface area contributed by atoms with Crippen molar-refractivity contribution in [2.24, 2.45) is 0 Å². The normalized spacial score (nSPS) is 23.1. The minimum atomic E-state index is 0.277.